The molecule has 2 atom stereocenters. The van der Waals surface area contributed by atoms with Crippen LogP contribution < -0.4 is 15.4 Å². The van der Waals surface area contributed by atoms with E-state index < -0.39 is 31.2 Å². The van der Waals surface area contributed by atoms with Crippen molar-refractivity contribution in [2.45, 2.75) is 12.2 Å². The molecule has 1 aromatic carbocycles. The second-order valence-electron chi connectivity index (χ2n) is 5.70. The Balaban J connectivity index is 2.11. The predicted octanol–water partition coefficient (Wildman–Crippen LogP) is -0.272. The molecule has 2 aromatic rings. The standard InChI is InChI=1S/C17H20FN5O5/c18-14-6-21-17(23-16(14)20-5-12(26)7-24)22-11-1-2-15(10(3-11)4-19)28-9-13(27)8-25/h1-3,6,12-13,24-27H,5,7-9H2,(H2,20,21,22,23). The molecule has 10 nitrogen and oxygen atoms in total. The van der Waals surface area contributed by atoms with E-state index in [2.05, 4.69) is 20.6 Å². The van der Waals surface area contributed by atoms with Crippen LogP contribution in [0.1, 0.15) is 5.56 Å². The van der Waals surface area contributed by atoms with Crippen LogP contribution in [-0.4, -0.2) is 69.0 Å². The molecule has 1 aromatic heterocycles. The normalized spacial score (nSPS) is 12.7. The summed E-state index contributed by atoms with van der Waals surface area (Å²) in [6.45, 7) is -1.22. The van der Waals surface area contributed by atoms with Crippen molar-refractivity contribution in [1.29, 1.82) is 5.26 Å². The van der Waals surface area contributed by atoms with Gasteiger partial charge in [-0.25, -0.2) is 9.37 Å². The number of nitriles is 1. The Morgan fingerprint density at radius 2 is 1.96 bits per heavy atom. The maximum atomic E-state index is 13.8. The van der Waals surface area contributed by atoms with E-state index in [-0.39, 0.29) is 36.2 Å². The first-order chi connectivity index (χ1) is 13.5. The smallest absolute Gasteiger partial charge is 0.229 e. The van der Waals surface area contributed by atoms with Gasteiger partial charge in [0.05, 0.1) is 31.1 Å². The van der Waals surface area contributed by atoms with Crippen molar-refractivity contribution in [1.82, 2.24) is 9.97 Å². The van der Waals surface area contributed by atoms with Gasteiger partial charge in [0, 0.05) is 12.2 Å². The van der Waals surface area contributed by atoms with E-state index in [1.165, 1.54) is 12.1 Å². The Hall–Kier alpha value is -3.04. The molecule has 0 fully saturated rings. The molecule has 6 N–H and O–H groups in total. The third-order valence-electron chi connectivity index (χ3n) is 3.46. The van der Waals surface area contributed by atoms with Gasteiger partial charge in [-0.3, -0.25) is 0 Å². The molecule has 0 aliphatic carbocycles. The zero-order valence-electron chi connectivity index (χ0n) is 14.7. The summed E-state index contributed by atoms with van der Waals surface area (Å²) in [5.41, 5.74) is 0.598. The first-order valence-corrected chi connectivity index (χ1v) is 8.25. The zero-order chi connectivity index (χ0) is 20.5. The lowest BCUT2D eigenvalue weighted by Gasteiger charge is -2.13. The van der Waals surface area contributed by atoms with Crippen LogP contribution >= 0.6 is 0 Å². The van der Waals surface area contributed by atoms with Crippen molar-refractivity contribution >= 4 is 17.5 Å². The number of halogens is 1. The van der Waals surface area contributed by atoms with Gasteiger partial charge in [0.15, 0.2) is 11.6 Å². The fourth-order valence-corrected chi connectivity index (χ4v) is 2.02. The molecule has 0 aliphatic rings. The number of aliphatic hydroxyl groups is 4. The molecule has 11 heteroatoms. The molecule has 0 amide bonds. The molecule has 28 heavy (non-hydrogen) atoms. The zero-order valence-corrected chi connectivity index (χ0v) is 14.7. The van der Waals surface area contributed by atoms with Gasteiger partial charge in [0.2, 0.25) is 5.95 Å². The summed E-state index contributed by atoms with van der Waals surface area (Å²) in [5, 5.41) is 50.9. The molecule has 0 radical (unpaired) electrons. The third-order valence-corrected chi connectivity index (χ3v) is 3.46. The summed E-state index contributed by atoms with van der Waals surface area (Å²) in [4.78, 5) is 7.75. The lowest BCUT2D eigenvalue weighted by Crippen LogP contribution is -2.24. The molecular weight excluding hydrogens is 373 g/mol. The van der Waals surface area contributed by atoms with E-state index in [4.69, 9.17) is 14.9 Å². The maximum Gasteiger partial charge on any atom is 0.229 e. The van der Waals surface area contributed by atoms with Gasteiger partial charge in [-0.1, -0.05) is 0 Å². The number of rotatable bonds is 10. The Morgan fingerprint density at radius 3 is 2.64 bits per heavy atom. The van der Waals surface area contributed by atoms with Gasteiger partial charge < -0.3 is 35.8 Å². The highest BCUT2D eigenvalue weighted by Crippen LogP contribution is 2.24. The molecule has 1 heterocycles. The van der Waals surface area contributed by atoms with Gasteiger partial charge >= 0.3 is 0 Å². The minimum absolute atomic E-state index is 0.0376. The monoisotopic (exact) mass is 393 g/mol. The average molecular weight is 393 g/mol. The van der Waals surface area contributed by atoms with E-state index in [0.29, 0.717) is 5.69 Å². The Morgan fingerprint density at radius 1 is 1.21 bits per heavy atom. The molecule has 2 unspecified atom stereocenters. The van der Waals surface area contributed by atoms with Gasteiger partial charge in [0.25, 0.3) is 0 Å². The van der Waals surface area contributed by atoms with Crippen LogP contribution in [0.5, 0.6) is 5.75 Å². The SMILES string of the molecule is N#Cc1cc(Nc2ncc(F)c(NCC(O)CO)n2)ccc1OCC(O)CO. The molecule has 0 spiro atoms. The quantitative estimate of drug-likeness (QED) is 0.316. The van der Waals surface area contributed by atoms with Crippen molar-refractivity contribution < 1.29 is 29.6 Å². The van der Waals surface area contributed by atoms with Gasteiger partial charge in [-0.15, -0.1) is 0 Å². The average Bonchev–Trinajstić information content (AvgIpc) is 2.72. The van der Waals surface area contributed by atoms with Crippen LogP contribution in [-0.2, 0) is 0 Å². The minimum atomic E-state index is -1.07. The molecule has 0 bridgehead atoms. The summed E-state index contributed by atoms with van der Waals surface area (Å²) in [6.07, 6.45) is -1.20. The van der Waals surface area contributed by atoms with Crippen molar-refractivity contribution in [2.75, 3.05) is 37.0 Å². The summed E-state index contributed by atoms with van der Waals surface area (Å²) >= 11 is 0. The summed E-state index contributed by atoms with van der Waals surface area (Å²) in [6, 6.07) is 6.46. The van der Waals surface area contributed by atoms with Crippen LogP contribution in [0.25, 0.3) is 0 Å². The summed E-state index contributed by atoms with van der Waals surface area (Å²) in [7, 11) is 0. The van der Waals surface area contributed by atoms with Crippen molar-refractivity contribution in [3.8, 4) is 11.8 Å². The van der Waals surface area contributed by atoms with Gasteiger partial charge in [0.1, 0.15) is 24.5 Å². The van der Waals surface area contributed by atoms with Gasteiger partial charge in [-0.2, -0.15) is 10.2 Å². The Bertz CT molecular complexity index is 832. The lowest BCUT2D eigenvalue weighted by molar-refractivity contribution is 0.0535. The van der Waals surface area contributed by atoms with Crippen LogP contribution in [0.3, 0.4) is 0 Å². The Labute approximate surface area is 159 Å². The van der Waals surface area contributed by atoms with E-state index >= 15 is 0 Å². The highest BCUT2D eigenvalue weighted by molar-refractivity contribution is 5.60. The van der Waals surface area contributed by atoms with Crippen molar-refractivity contribution in [3.05, 3.63) is 35.8 Å². The molecule has 0 saturated heterocycles. The molecular formula is C17H20FN5O5. The number of nitrogens with one attached hydrogen (secondary N) is 2. The number of aliphatic hydroxyl groups excluding tert-OH is 4. The highest BCUT2D eigenvalue weighted by Gasteiger charge is 2.11. The van der Waals surface area contributed by atoms with Gasteiger partial charge in [-0.05, 0) is 18.2 Å². The van der Waals surface area contributed by atoms with Crippen LogP contribution in [0.4, 0.5) is 21.8 Å². The molecule has 0 aliphatic heterocycles. The minimum Gasteiger partial charge on any atom is -0.489 e. The first kappa shape index (κ1) is 21.3. The second-order valence-corrected chi connectivity index (χ2v) is 5.70. The van der Waals surface area contributed by atoms with Crippen LogP contribution in [0, 0.1) is 17.1 Å². The molecule has 2 rings (SSSR count). The third kappa shape index (κ3) is 6.00. The Kier molecular flexibility index (Phi) is 7.85. The van der Waals surface area contributed by atoms with Crippen LogP contribution in [0.15, 0.2) is 24.4 Å². The van der Waals surface area contributed by atoms with Crippen molar-refractivity contribution in [3.63, 3.8) is 0 Å². The van der Waals surface area contributed by atoms with Crippen LogP contribution in [0.2, 0.25) is 0 Å². The van der Waals surface area contributed by atoms with Crippen molar-refractivity contribution in [2.24, 2.45) is 0 Å². The van der Waals surface area contributed by atoms with E-state index in [1.54, 1.807) is 6.07 Å². The number of ether oxygens (including phenoxy) is 1. The summed E-state index contributed by atoms with van der Waals surface area (Å²) < 4.78 is 19.0. The maximum absolute atomic E-state index is 13.8. The first-order valence-electron chi connectivity index (χ1n) is 8.25. The largest absolute Gasteiger partial charge is 0.489 e. The number of hydrogen-bond acceptors (Lipinski definition) is 10. The fraction of sp³-hybridized carbons (Fsp3) is 0.353. The number of aromatic nitrogens is 2. The fourth-order valence-electron chi connectivity index (χ4n) is 2.02. The summed E-state index contributed by atoms with van der Waals surface area (Å²) in [5.74, 6) is -0.639. The number of hydrogen-bond donors (Lipinski definition) is 6. The molecule has 0 saturated carbocycles. The topological polar surface area (TPSA) is 164 Å². The number of nitrogens with zero attached hydrogens (tertiary/aromatic N) is 3. The lowest BCUT2D eigenvalue weighted by atomic mass is 10.2. The second kappa shape index (κ2) is 10.3. The highest BCUT2D eigenvalue weighted by atomic mass is 19.1. The molecule has 150 valence electrons. The number of anilines is 3. The van der Waals surface area contributed by atoms with E-state index in [9.17, 15) is 19.9 Å². The predicted molar refractivity (Wildman–Crippen MR) is 96.6 cm³/mol. The number of benzene rings is 1. The van der Waals surface area contributed by atoms with E-state index in [1.807, 2.05) is 6.07 Å². The van der Waals surface area contributed by atoms with E-state index in [0.717, 1.165) is 6.20 Å².